The molecule has 0 aromatic heterocycles. The molecule has 25 heavy (non-hydrogen) atoms. The molecule has 138 valence electrons. The average molecular weight is 346 g/mol. The summed E-state index contributed by atoms with van der Waals surface area (Å²) < 4.78 is 11.2. The molecule has 0 saturated carbocycles. The van der Waals surface area contributed by atoms with Gasteiger partial charge >= 0.3 is 0 Å². The molecule has 1 N–H and O–H groups in total. The van der Waals surface area contributed by atoms with Crippen LogP contribution in [0.5, 0.6) is 0 Å². The molecule has 0 bridgehead atoms. The maximum absolute atomic E-state index is 13.1. The van der Waals surface area contributed by atoms with Crippen molar-refractivity contribution in [3.63, 3.8) is 0 Å². The monoisotopic (exact) mass is 346 g/mol. The molecular weight excluding hydrogens is 316 g/mol. The SMILES string of the molecule is C[C@@H]1CC(NC[C@@H](C(=O)N2CCOCC2)c2ccccc2)C[C@H](C)O1. The molecule has 1 amide bonds. The minimum atomic E-state index is -0.146. The van der Waals surface area contributed by atoms with Crippen LogP contribution in [-0.4, -0.2) is 61.9 Å². The lowest BCUT2D eigenvalue weighted by atomic mass is 9.95. The van der Waals surface area contributed by atoms with Crippen LogP contribution in [0.1, 0.15) is 38.2 Å². The van der Waals surface area contributed by atoms with Gasteiger partial charge in [-0.05, 0) is 32.3 Å². The summed E-state index contributed by atoms with van der Waals surface area (Å²) in [6.45, 7) is 7.56. The van der Waals surface area contributed by atoms with Crippen LogP contribution in [0.3, 0.4) is 0 Å². The third-order valence-corrected chi connectivity index (χ3v) is 5.13. The largest absolute Gasteiger partial charge is 0.378 e. The molecule has 0 spiro atoms. The van der Waals surface area contributed by atoms with Crippen molar-refractivity contribution in [1.29, 1.82) is 0 Å². The average Bonchev–Trinajstić information content (AvgIpc) is 2.62. The summed E-state index contributed by atoms with van der Waals surface area (Å²) in [6.07, 6.45) is 2.53. The Balaban J connectivity index is 1.67. The summed E-state index contributed by atoms with van der Waals surface area (Å²) in [5, 5.41) is 3.64. The smallest absolute Gasteiger partial charge is 0.231 e. The lowest BCUT2D eigenvalue weighted by Crippen LogP contribution is -2.47. The highest BCUT2D eigenvalue weighted by Crippen LogP contribution is 2.22. The normalized spacial score (nSPS) is 28.6. The Morgan fingerprint density at radius 3 is 2.44 bits per heavy atom. The molecule has 3 rings (SSSR count). The van der Waals surface area contributed by atoms with E-state index in [9.17, 15) is 4.79 Å². The second-order valence-corrected chi connectivity index (χ2v) is 7.23. The van der Waals surface area contributed by atoms with Gasteiger partial charge in [0, 0.05) is 25.7 Å². The summed E-state index contributed by atoms with van der Waals surface area (Å²) in [7, 11) is 0. The molecule has 2 saturated heterocycles. The van der Waals surface area contributed by atoms with Crippen molar-refractivity contribution in [2.45, 2.75) is 50.9 Å². The predicted molar refractivity (Wildman–Crippen MR) is 97.6 cm³/mol. The summed E-state index contributed by atoms with van der Waals surface area (Å²) in [5.74, 6) is 0.0583. The van der Waals surface area contributed by atoms with E-state index < -0.39 is 0 Å². The van der Waals surface area contributed by atoms with Crippen LogP contribution in [0.25, 0.3) is 0 Å². The van der Waals surface area contributed by atoms with Gasteiger partial charge in [-0.15, -0.1) is 0 Å². The fourth-order valence-corrected chi connectivity index (χ4v) is 3.89. The summed E-state index contributed by atoms with van der Waals surface area (Å²) >= 11 is 0. The van der Waals surface area contributed by atoms with Crippen LogP contribution in [0.2, 0.25) is 0 Å². The van der Waals surface area contributed by atoms with Crippen molar-refractivity contribution < 1.29 is 14.3 Å². The van der Waals surface area contributed by atoms with E-state index in [2.05, 4.69) is 31.3 Å². The van der Waals surface area contributed by atoms with Gasteiger partial charge in [-0.25, -0.2) is 0 Å². The van der Waals surface area contributed by atoms with Crippen LogP contribution in [0, 0.1) is 0 Å². The third kappa shape index (κ3) is 5.03. The first-order chi connectivity index (χ1) is 12.1. The van der Waals surface area contributed by atoms with Crippen LogP contribution >= 0.6 is 0 Å². The van der Waals surface area contributed by atoms with Crippen molar-refractivity contribution in [2.24, 2.45) is 0 Å². The van der Waals surface area contributed by atoms with Crippen molar-refractivity contribution in [3.8, 4) is 0 Å². The number of nitrogens with zero attached hydrogens (tertiary/aromatic N) is 1. The second-order valence-electron chi connectivity index (χ2n) is 7.23. The van der Waals surface area contributed by atoms with E-state index in [-0.39, 0.29) is 24.0 Å². The predicted octanol–water partition coefficient (Wildman–Crippen LogP) is 2.17. The Morgan fingerprint density at radius 1 is 1.16 bits per heavy atom. The number of carbonyl (C=O) groups excluding carboxylic acids is 1. The highest BCUT2D eigenvalue weighted by molar-refractivity contribution is 5.84. The van der Waals surface area contributed by atoms with Crippen LogP contribution < -0.4 is 5.32 Å². The van der Waals surface area contributed by atoms with E-state index in [4.69, 9.17) is 9.47 Å². The van der Waals surface area contributed by atoms with Gasteiger partial charge in [-0.3, -0.25) is 4.79 Å². The van der Waals surface area contributed by atoms with Gasteiger partial charge in [0.25, 0.3) is 0 Å². The second kappa shape index (κ2) is 8.79. The van der Waals surface area contributed by atoms with E-state index in [1.165, 1.54) is 0 Å². The van der Waals surface area contributed by atoms with Crippen molar-refractivity contribution in [1.82, 2.24) is 10.2 Å². The number of amides is 1. The number of benzene rings is 1. The number of hydrogen-bond acceptors (Lipinski definition) is 4. The fourth-order valence-electron chi connectivity index (χ4n) is 3.89. The summed E-state index contributed by atoms with van der Waals surface area (Å²) in [4.78, 5) is 15.0. The van der Waals surface area contributed by atoms with E-state index in [1.54, 1.807) is 0 Å². The Morgan fingerprint density at radius 2 is 1.80 bits per heavy atom. The zero-order valence-corrected chi connectivity index (χ0v) is 15.3. The van der Waals surface area contributed by atoms with Gasteiger partial charge in [-0.1, -0.05) is 30.3 Å². The minimum Gasteiger partial charge on any atom is -0.378 e. The van der Waals surface area contributed by atoms with Gasteiger partial charge in [-0.2, -0.15) is 0 Å². The number of morpholine rings is 1. The Kier molecular flexibility index (Phi) is 6.45. The van der Waals surface area contributed by atoms with Gasteiger partial charge in [0.2, 0.25) is 5.91 Å². The molecule has 4 atom stereocenters. The van der Waals surface area contributed by atoms with E-state index >= 15 is 0 Å². The van der Waals surface area contributed by atoms with Crippen LogP contribution in [0.15, 0.2) is 30.3 Å². The van der Waals surface area contributed by atoms with Gasteiger partial charge < -0.3 is 19.7 Å². The molecule has 1 aromatic carbocycles. The van der Waals surface area contributed by atoms with E-state index in [0.717, 1.165) is 18.4 Å². The number of hydrogen-bond donors (Lipinski definition) is 1. The topological polar surface area (TPSA) is 50.8 Å². The van der Waals surface area contributed by atoms with Crippen molar-refractivity contribution >= 4 is 5.91 Å². The number of carbonyl (C=O) groups is 1. The van der Waals surface area contributed by atoms with Gasteiger partial charge in [0.1, 0.15) is 0 Å². The van der Waals surface area contributed by atoms with Crippen molar-refractivity contribution in [2.75, 3.05) is 32.8 Å². The molecule has 0 radical (unpaired) electrons. The van der Waals surface area contributed by atoms with E-state index in [1.807, 2.05) is 23.1 Å². The number of nitrogens with one attached hydrogen (secondary N) is 1. The van der Waals surface area contributed by atoms with E-state index in [0.29, 0.717) is 38.9 Å². The van der Waals surface area contributed by atoms with Gasteiger partial charge in [0.15, 0.2) is 0 Å². The molecule has 2 heterocycles. The summed E-state index contributed by atoms with van der Waals surface area (Å²) in [6, 6.07) is 10.5. The molecule has 0 aliphatic carbocycles. The fraction of sp³-hybridized carbons (Fsp3) is 0.650. The van der Waals surface area contributed by atoms with Crippen molar-refractivity contribution in [3.05, 3.63) is 35.9 Å². The van der Waals surface area contributed by atoms with Gasteiger partial charge in [0.05, 0.1) is 31.3 Å². The molecule has 5 heteroatoms. The highest BCUT2D eigenvalue weighted by atomic mass is 16.5. The third-order valence-electron chi connectivity index (χ3n) is 5.13. The molecule has 1 aromatic rings. The zero-order valence-electron chi connectivity index (χ0n) is 15.3. The standard InChI is InChI=1S/C20H30N2O3/c1-15-12-18(13-16(2)25-15)21-14-19(17-6-4-3-5-7-17)20(23)22-8-10-24-11-9-22/h3-7,15-16,18-19,21H,8-14H2,1-2H3/t15-,16+,18?,19-/m1/s1. The first-order valence-electron chi connectivity index (χ1n) is 9.44. The summed E-state index contributed by atoms with van der Waals surface area (Å²) in [5.41, 5.74) is 1.08. The maximum atomic E-state index is 13.1. The Hall–Kier alpha value is -1.43. The number of rotatable bonds is 5. The number of ether oxygens (including phenoxy) is 2. The molecular formula is C20H30N2O3. The first kappa shape index (κ1) is 18.4. The molecule has 5 nitrogen and oxygen atoms in total. The molecule has 2 aliphatic heterocycles. The molecule has 2 fully saturated rings. The lowest BCUT2D eigenvalue weighted by molar-refractivity contribution is -0.136. The molecule has 1 unspecified atom stereocenters. The Labute approximate surface area is 150 Å². The maximum Gasteiger partial charge on any atom is 0.231 e. The highest BCUT2D eigenvalue weighted by Gasteiger charge is 2.29. The van der Waals surface area contributed by atoms with Crippen LogP contribution in [0.4, 0.5) is 0 Å². The quantitative estimate of drug-likeness (QED) is 0.888. The first-order valence-corrected chi connectivity index (χ1v) is 9.44. The van der Waals surface area contributed by atoms with Crippen LogP contribution in [-0.2, 0) is 14.3 Å². The lowest BCUT2D eigenvalue weighted by Gasteiger charge is -2.35. The minimum absolute atomic E-state index is 0.146. The zero-order chi connectivity index (χ0) is 17.6. The Bertz CT molecular complexity index is 535. The molecule has 2 aliphatic rings.